The molecule has 0 fully saturated rings. The zero-order valence-corrected chi connectivity index (χ0v) is 9.58. The van der Waals surface area contributed by atoms with Crippen LogP contribution in [0.2, 0.25) is 0 Å². The number of aryl methyl sites for hydroxylation is 1. The number of nitrogens with zero attached hydrogens (tertiary/aromatic N) is 2. The summed E-state index contributed by atoms with van der Waals surface area (Å²) < 4.78 is 0. The van der Waals surface area contributed by atoms with Crippen molar-refractivity contribution < 1.29 is 0 Å². The third kappa shape index (κ3) is 2.06. The molecule has 0 amide bonds. The van der Waals surface area contributed by atoms with E-state index in [1.54, 1.807) is 11.3 Å². The lowest BCUT2D eigenvalue weighted by atomic mass is 10.1. The van der Waals surface area contributed by atoms with Gasteiger partial charge in [0.1, 0.15) is 0 Å². The highest BCUT2D eigenvalue weighted by Gasteiger charge is 2.08. The minimum Gasteiger partial charge on any atom is -0.324 e. The van der Waals surface area contributed by atoms with E-state index in [-0.39, 0.29) is 6.04 Å². The van der Waals surface area contributed by atoms with Crippen LogP contribution < -0.4 is 5.73 Å². The molecule has 4 heteroatoms. The first-order valence-corrected chi connectivity index (χ1v) is 5.74. The zero-order chi connectivity index (χ0) is 10.8. The summed E-state index contributed by atoms with van der Waals surface area (Å²) in [5, 5.41) is 4.06. The summed E-state index contributed by atoms with van der Waals surface area (Å²) in [6.45, 7) is 3.91. The maximum atomic E-state index is 5.81. The molecule has 2 N–H and O–H groups in total. The van der Waals surface area contributed by atoms with Crippen molar-refractivity contribution in [3.05, 3.63) is 34.3 Å². The SMILES string of the molecule is Cc1nc(-c2ccsc2)ncc1[C@H](C)N. The minimum atomic E-state index is -0.0125. The van der Waals surface area contributed by atoms with Gasteiger partial charge in [-0.25, -0.2) is 9.97 Å². The fourth-order valence-corrected chi connectivity index (χ4v) is 2.09. The molecule has 0 saturated carbocycles. The summed E-state index contributed by atoms with van der Waals surface area (Å²) in [7, 11) is 0. The number of hydrogen-bond acceptors (Lipinski definition) is 4. The van der Waals surface area contributed by atoms with Crippen molar-refractivity contribution in [3.8, 4) is 11.4 Å². The lowest BCUT2D eigenvalue weighted by Gasteiger charge is -2.08. The van der Waals surface area contributed by atoms with Gasteiger partial charge in [0.05, 0.1) is 0 Å². The summed E-state index contributed by atoms with van der Waals surface area (Å²) >= 11 is 1.65. The van der Waals surface area contributed by atoms with Gasteiger partial charge in [0.2, 0.25) is 0 Å². The molecule has 78 valence electrons. The molecular weight excluding hydrogens is 206 g/mol. The molecule has 2 rings (SSSR count). The normalized spacial score (nSPS) is 12.7. The van der Waals surface area contributed by atoms with Crippen molar-refractivity contribution in [3.63, 3.8) is 0 Å². The predicted octanol–water partition coefficient (Wildman–Crippen LogP) is 2.53. The minimum absolute atomic E-state index is 0.0125. The second-order valence-electron chi connectivity index (χ2n) is 3.54. The van der Waals surface area contributed by atoms with Crippen LogP contribution in [0.4, 0.5) is 0 Å². The fraction of sp³-hybridized carbons (Fsp3) is 0.273. The molecular formula is C11H13N3S. The van der Waals surface area contributed by atoms with Gasteiger partial charge in [-0.2, -0.15) is 11.3 Å². The van der Waals surface area contributed by atoms with Gasteiger partial charge in [-0.1, -0.05) is 0 Å². The average molecular weight is 219 g/mol. The fourth-order valence-electron chi connectivity index (χ4n) is 1.45. The lowest BCUT2D eigenvalue weighted by molar-refractivity contribution is 0.790. The maximum Gasteiger partial charge on any atom is 0.160 e. The molecule has 2 aromatic rings. The topological polar surface area (TPSA) is 51.8 Å². The monoisotopic (exact) mass is 219 g/mol. The van der Waals surface area contributed by atoms with E-state index in [0.717, 1.165) is 22.6 Å². The van der Waals surface area contributed by atoms with Gasteiger partial charge in [-0.15, -0.1) is 0 Å². The Labute approximate surface area is 93.0 Å². The summed E-state index contributed by atoms with van der Waals surface area (Å²) in [5.74, 6) is 0.776. The Balaban J connectivity index is 2.42. The second-order valence-corrected chi connectivity index (χ2v) is 4.32. The maximum absolute atomic E-state index is 5.81. The molecule has 0 aliphatic carbocycles. The van der Waals surface area contributed by atoms with Gasteiger partial charge in [0, 0.05) is 34.4 Å². The van der Waals surface area contributed by atoms with Crippen molar-refractivity contribution in [2.45, 2.75) is 19.9 Å². The molecule has 0 radical (unpaired) electrons. The molecule has 0 spiro atoms. The third-order valence-corrected chi connectivity index (χ3v) is 2.97. The van der Waals surface area contributed by atoms with E-state index in [0.29, 0.717) is 0 Å². The van der Waals surface area contributed by atoms with Crippen LogP contribution in [0.15, 0.2) is 23.0 Å². The van der Waals surface area contributed by atoms with E-state index < -0.39 is 0 Å². The number of aromatic nitrogens is 2. The Morgan fingerprint density at radius 1 is 1.47 bits per heavy atom. The zero-order valence-electron chi connectivity index (χ0n) is 8.77. The van der Waals surface area contributed by atoms with E-state index in [2.05, 4.69) is 9.97 Å². The van der Waals surface area contributed by atoms with Crippen molar-refractivity contribution in [2.75, 3.05) is 0 Å². The van der Waals surface area contributed by atoms with Crippen LogP contribution in [0.3, 0.4) is 0 Å². The van der Waals surface area contributed by atoms with Crippen LogP contribution in [0.5, 0.6) is 0 Å². The van der Waals surface area contributed by atoms with Crippen LogP contribution >= 0.6 is 11.3 Å². The Morgan fingerprint density at radius 2 is 2.27 bits per heavy atom. The van der Waals surface area contributed by atoms with E-state index in [4.69, 9.17) is 5.73 Å². The lowest BCUT2D eigenvalue weighted by Crippen LogP contribution is -2.09. The third-order valence-electron chi connectivity index (χ3n) is 2.29. The van der Waals surface area contributed by atoms with Crippen LogP contribution in [-0.2, 0) is 0 Å². The molecule has 1 atom stereocenters. The number of nitrogens with two attached hydrogens (primary N) is 1. The summed E-state index contributed by atoms with van der Waals surface area (Å²) in [6.07, 6.45) is 1.82. The smallest absolute Gasteiger partial charge is 0.160 e. The summed E-state index contributed by atoms with van der Waals surface area (Å²) in [4.78, 5) is 8.77. The molecule has 3 nitrogen and oxygen atoms in total. The number of rotatable bonds is 2. The van der Waals surface area contributed by atoms with Crippen LogP contribution in [0, 0.1) is 6.92 Å². The molecule has 2 aromatic heterocycles. The summed E-state index contributed by atoms with van der Waals surface area (Å²) in [6, 6.07) is 2.01. The highest BCUT2D eigenvalue weighted by molar-refractivity contribution is 7.08. The largest absolute Gasteiger partial charge is 0.324 e. The summed E-state index contributed by atoms with van der Waals surface area (Å²) in [5.41, 5.74) is 8.84. The van der Waals surface area contributed by atoms with Crippen LogP contribution in [-0.4, -0.2) is 9.97 Å². The first kappa shape index (κ1) is 10.3. The van der Waals surface area contributed by atoms with Gasteiger partial charge in [-0.05, 0) is 25.3 Å². The molecule has 0 unspecified atom stereocenters. The van der Waals surface area contributed by atoms with Gasteiger partial charge in [0.25, 0.3) is 0 Å². The van der Waals surface area contributed by atoms with Gasteiger partial charge in [-0.3, -0.25) is 0 Å². The van der Waals surface area contributed by atoms with Crippen molar-refractivity contribution in [1.29, 1.82) is 0 Å². The van der Waals surface area contributed by atoms with Crippen LogP contribution in [0.25, 0.3) is 11.4 Å². The quantitative estimate of drug-likeness (QED) is 0.844. The van der Waals surface area contributed by atoms with Crippen molar-refractivity contribution in [1.82, 2.24) is 9.97 Å². The highest BCUT2D eigenvalue weighted by atomic mass is 32.1. The molecule has 2 heterocycles. The first-order chi connectivity index (χ1) is 7.18. The average Bonchev–Trinajstić information content (AvgIpc) is 2.69. The molecule has 0 saturated heterocycles. The Morgan fingerprint density at radius 3 is 2.80 bits per heavy atom. The molecule has 0 aromatic carbocycles. The predicted molar refractivity (Wildman–Crippen MR) is 62.7 cm³/mol. The van der Waals surface area contributed by atoms with E-state index in [1.165, 1.54) is 0 Å². The number of hydrogen-bond donors (Lipinski definition) is 1. The van der Waals surface area contributed by atoms with E-state index in [1.807, 2.05) is 36.9 Å². The van der Waals surface area contributed by atoms with Crippen molar-refractivity contribution >= 4 is 11.3 Å². The van der Waals surface area contributed by atoms with E-state index >= 15 is 0 Å². The van der Waals surface area contributed by atoms with Gasteiger partial charge >= 0.3 is 0 Å². The van der Waals surface area contributed by atoms with Crippen molar-refractivity contribution in [2.24, 2.45) is 5.73 Å². The molecule has 0 aliphatic rings. The molecule has 0 aliphatic heterocycles. The van der Waals surface area contributed by atoms with E-state index in [9.17, 15) is 0 Å². The van der Waals surface area contributed by atoms with Gasteiger partial charge < -0.3 is 5.73 Å². The molecule has 0 bridgehead atoms. The van der Waals surface area contributed by atoms with Crippen LogP contribution in [0.1, 0.15) is 24.2 Å². The number of thiophene rings is 1. The Kier molecular flexibility index (Phi) is 2.79. The molecule has 15 heavy (non-hydrogen) atoms. The standard InChI is InChI=1S/C11H13N3S/c1-7(12)10-5-13-11(14-8(10)2)9-3-4-15-6-9/h3-7H,12H2,1-2H3/t7-/m0/s1. The van der Waals surface area contributed by atoms with Gasteiger partial charge in [0.15, 0.2) is 5.82 Å². The second kappa shape index (κ2) is 4.08. The Hall–Kier alpha value is -1.26. The first-order valence-electron chi connectivity index (χ1n) is 4.80. The Bertz CT molecular complexity index is 449. The highest BCUT2D eigenvalue weighted by Crippen LogP contribution is 2.20.